The van der Waals surface area contributed by atoms with Crippen molar-refractivity contribution in [3.05, 3.63) is 35.9 Å². The first-order chi connectivity index (χ1) is 11.9. The van der Waals surface area contributed by atoms with E-state index in [9.17, 15) is 8.42 Å². The molecule has 2 fully saturated rings. The van der Waals surface area contributed by atoms with Gasteiger partial charge in [-0.3, -0.25) is 4.18 Å². The van der Waals surface area contributed by atoms with Crippen LogP contribution in [-0.2, 0) is 38.0 Å². The van der Waals surface area contributed by atoms with E-state index in [0.717, 1.165) is 11.8 Å². The average molecular weight is 374 g/mol. The van der Waals surface area contributed by atoms with E-state index in [0.29, 0.717) is 0 Å². The van der Waals surface area contributed by atoms with Gasteiger partial charge in [-0.05, 0) is 0 Å². The van der Waals surface area contributed by atoms with Crippen LogP contribution in [0.2, 0.25) is 0 Å². The molecule has 9 heteroatoms. The van der Waals surface area contributed by atoms with Crippen LogP contribution in [0.25, 0.3) is 0 Å². The van der Waals surface area contributed by atoms with Crippen LogP contribution in [0.5, 0.6) is 0 Å². The summed E-state index contributed by atoms with van der Waals surface area (Å²) in [6.45, 7) is 0.259. The molecule has 140 valence electrons. The zero-order chi connectivity index (χ0) is 18.0. The zero-order valence-corrected chi connectivity index (χ0v) is 15.0. The minimum atomic E-state index is -3.74. The third-order valence-corrected chi connectivity index (χ3v) is 4.72. The Morgan fingerprint density at radius 1 is 1.04 bits per heavy atom. The highest BCUT2D eigenvalue weighted by molar-refractivity contribution is 7.86. The molecule has 2 saturated heterocycles. The van der Waals surface area contributed by atoms with E-state index in [1.165, 1.54) is 14.2 Å². The average Bonchev–Trinajstić information content (AvgIpc) is 2.60. The third kappa shape index (κ3) is 4.20. The number of hydrogen-bond acceptors (Lipinski definition) is 8. The van der Waals surface area contributed by atoms with Crippen molar-refractivity contribution >= 4 is 10.1 Å². The van der Waals surface area contributed by atoms with Gasteiger partial charge in [0.25, 0.3) is 10.1 Å². The molecule has 8 nitrogen and oxygen atoms in total. The van der Waals surface area contributed by atoms with Gasteiger partial charge in [-0.15, -0.1) is 0 Å². The van der Waals surface area contributed by atoms with Gasteiger partial charge in [0.2, 0.25) is 0 Å². The van der Waals surface area contributed by atoms with Gasteiger partial charge < -0.3 is 23.7 Å². The molecular weight excluding hydrogens is 352 g/mol. The molecule has 2 heterocycles. The van der Waals surface area contributed by atoms with Crippen molar-refractivity contribution in [2.75, 3.05) is 27.1 Å². The highest BCUT2D eigenvalue weighted by atomic mass is 32.2. The second kappa shape index (κ2) is 7.67. The van der Waals surface area contributed by atoms with Crippen molar-refractivity contribution < 1.29 is 36.3 Å². The summed E-state index contributed by atoms with van der Waals surface area (Å²) in [5.74, 6) is 0. The van der Waals surface area contributed by atoms with Crippen molar-refractivity contribution in [3.63, 3.8) is 0 Å². The summed E-state index contributed by atoms with van der Waals surface area (Å²) in [5.41, 5.74) is 0.852. The van der Waals surface area contributed by atoms with Crippen molar-refractivity contribution in [1.82, 2.24) is 0 Å². The normalized spacial score (nSPS) is 36.0. The molecule has 0 aliphatic carbocycles. The Kier molecular flexibility index (Phi) is 5.74. The van der Waals surface area contributed by atoms with Crippen molar-refractivity contribution in [1.29, 1.82) is 0 Å². The van der Waals surface area contributed by atoms with Gasteiger partial charge in [0.15, 0.2) is 18.7 Å². The second-order valence-electron chi connectivity index (χ2n) is 5.92. The van der Waals surface area contributed by atoms with Crippen LogP contribution in [0.1, 0.15) is 11.9 Å². The fourth-order valence-electron chi connectivity index (χ4n) is 3.09. The van der Waals surface area contributed by atoms with Crippen molar-refractivity contribution in [3.8, 4) is 0 Å². The van der Waals surface area contributed by atoms with Gasteiger partial charge in [0.1, 0.15) is 18.3 Å². The molecule has 0 unspecified atom stereocenters. The molecule has 0 spiro atoms. The first kappa shape index (κ1) is 18.7. The van der Waals surface area contributed by atoms with Crippen LogP contribution in [-0.4, -0.2) is 66.2 Å². The molecule has 6 atom stereocenters. The summed E-state index contributed by atoms with van der Waals surface area (Å²) in [6.07, 6.45) is -3.26. The summed E-state index contributed by atoms with van der Waals surface area (Å²) in [7, 11) is -0.863. The predicted molar refractivity (Wildman–Crippen MR) is 86.2 cm³/mol. The van der Waals surface area contributed by atoms with Crippen LogP contribution in [0, 0.1) is 0 Å². The molecule has 0 saturated carbocycles. The molecule has 3 rings (SSSR count). The van der Waals surface area contributed by atoms with Crippen molar-refractivity contribution in [2.24, 2.45) is 0 Å². The maximum atomic E-state index is 11.6. The lowest BCUT2D eigenvalue weighted by Crippen LogP contribution is -2.63. The topological polar surface area (TPSA) is 89.5 Å². The Balaban J connectivity index is 1.83. The summed E-state index contributed by atoms with van der Waals surface area (Å²) >= 11 is 0. The summed E-state index contributed by atoms with van der Waals surface area (Å²) in [6, 6.07) is 9.44. The lowest BCUT2D eigenvalue weighted by molar-refractivity contribution is -0.357. The van der Waals surface area contributed by atoms with Gasteiger partial charge in [0.05, 0.1) is 12.9 Å². The van der Waals surface area contributed by atoms with Gasteiger partial charge in [-0.1, -0.05) is 30.3 Å². The third-order valence-electron chi connectivity index (χ3n) is 4.15. The molecule has 0 N–H and O–H groups in total. The molecule has 0 radical (unpaired) electrons. The number of fused-ring (bicyclic) bond motifs is 1. The predicted octanol–water partition coefficient (Wildman–Crippen LogP) is 0.832. The van der Waals surface area contributed by atoms with Crippen molar-refractivity contribution in [2.45, 2.75) is 37.0 Å². The van der Waals surface area contributed by atoms with Gasteiger partial charge in [-0.25, -0.2) is 0 Å². The monoisotopic (exact) mass is 374 g/mol. The molecule has 1 aromatic carbocycles. The Morgan fingerprint density at radius 2 is 1.76 bits per heavy atom. The Bertz CT molecular complexity index is 664. The Morgan fingerprint density at radius 3 is 2.36 bits per heavy atom. The second-order valence-corrected chi connectivity index (χ2v) is 7.52. The van der Waals surface area contributed by atoms with Gasteiger partial charge in [-0.2, -0.15) is 8.42 Å². The first-order valence-corrected chi connectivity index (χ1v) is 9.66. The van der Waals surface area contributed by atoms with E-state index in [2.05, 4.69) is 0 Å². The fourth-order valence-corrected chi connectivity index (χ4v) is 3.69. The van der Waals surface area contributed by atoms with Gasteiger partial charge in [0, 0.05) is 19.8 Å². The number of benzene rings is 1. The van der Waals surface area contributed by atoms with E-state index < -0.39 is 47.1 Å². The largest absolute Gasteiger partial charge is 0.376 e. The molecular formula is C16H22O8S. The molecule has 0 aromatic heterocycles. The minimum absolute atomic E-state index is 0.259. The highest BCUT2D eigenvalue weighted by Gasteiger charge is 2.52. The number of methoxy groups -OCH3 is 2. The molecule has 2 aliphatic rings. The lowest BCUT2D eigenvalue weighted by atomic mass is 9.97. The fraction of sp³-hybridized carbons (Fsp3) is 0.625. The van der Waals surface area contributed by atoms with Crippen LogP contribution in [0.15, 0.2) is 30.3 Å². The lowest BCUT2D eigenvalue weighted by Gasteiger charge is -2.47. The SMILES string of the molecule is CO[C@H]1O[C@@H]2CO[C@H](c3ccccc3)O[C@H]2[C@H](OC)[C@H]1OS(C)(=O)=O. The molecule has 2 aliphatic heterocycles. The summed E-state index contributed by atoms with van der Waals surface area (Å²) < 4.78 is 56.7. The van der Waals surface area contributed by atoms with Crippen LogP contribution < -0.4 is 0 Å². The quantitative estimate of drug-likeness (QED) is 0.700. The summed E-state index contributed by atoms with van der Waals surface area (Å²) in [5, 5.41) is 0. The summed E-state index contributed by atoms with van der Waals surface area (Å²) in [4.78, 5) is 0. The number of rotatable bonds is 5. The molecule has 1 aromatic rings. The zero-order valence-electron chi connectivity index (χ0n) is 14.2. The van der Waals surface area contributed by atoms with E-state index in [4.69, 9.17) is 27.9 Å². The van der Waals surface area contributed by atoms with E-state index in [1.54, 1.807) is 0 Å². The van der Waals surface area contributed by atoms with E-state index in [-0.39, 0.29) is 6.61 Å². The molecule has 0 bridgehead atoms. The maximum absolute atomic E-state index is 11.6. The van der Waals surface area contributed by atoms with Crippen LogP contribution >= 0.6 is 0 Å². The van der Waals surface area contributed by atoms with E-state index in [1.807, 2.05) is 30.3 Å². The van der Waals surface area contributed by atoms with Gasteiger partial charge >= 0.3 is 0 Å². The number of ether oxygens (including phenoxy) is 5. The highest BCUT2D eigenvalue weighted by Crippen LogP contribution is 2.36. The Labute approximate surface area is 147 Å². The molecule has 25 heavy (non-hydrogen) atoms. The smallest absolute Gasteiger partial charge is 0.264 e. The minimum Gasteiger partial charge on any atom is -0.376 e. The van der Waals surface area contributed by atoms with E-state index >= 15 is 0 Å². The standard InChI is InChI=1S/C16H22O8S/c1-19-13-12-11(22-16(20-2)14(13)24-25(3,17)18)9-21-15(23-12)10-7-5-4-6-8-10/h4-8,11-16H,9H2,1-3H3/t11-,12-,13+,14-,15+,16+/m1/s1. The Hall–Kier alpha value is -1.07. The molecule has 0 amide bonds. The van der Waals surface area contributed by atoms with Crippen LogP contribution in [0.4, 0.5) is 0 Å². The maximum Gasteiger partial charge on any atom is 0.264 e. The van der Waals surface area contributed by atoms with Crippen LogP contribution in [0.3, 0.4) is 0 Å². The number of hydrogen-bond donors (Lipinski definition) is 0. The first-order valence-electron chi connectivity index (χ1n) is 7.84.